The molecule has 6 nitrogen and oxygen atoms in total. The summed E-state index contributed by atoms with van der Waals surface area (Å²) in [7, 11) is 0. The maximum absolute atomic E-state index is 4.06. The van der Waals surface area contributed by atoms with Gasteiger partial charge in [0.2, 0.25) is 0 Å². The Bertz CT molecular complexity index is 440. The number of rotatable bonds is 3. The summed E-state index contributed by atoms with van der Waals surface area (Å²) in [5.41, 5.74) is 0. The molecule has 0 amide bonds. The first-order valence-corrected chi connectivity index (χ1v) is 4.87. The van der Waals surface area contributed by atoms with Gasteiger partial charge < -0.3 is 0 Å². The summed E-state index contributed by atoms with van der Waals surface area (Å²) in [4.78, 5) is 12.2. The van der Waals surface area contributed by atoms with Crippen LogP contribution < -0.4 is 0 Å². The van der Waals surface area contributed by atoms with Crippen molar-refractivity contribution in [3.05, 3.63) is 56.2 Å². The van der Waals surface area contributed by atoms with Gasteiger partial charge in [0.1, 0.15) is 0 Å². The molecule has 80 valence electrons. The molecule has 0 fully saturated rings. The van der Waals surface area contributed by atoms with Crippen LogP contribution in [0.2, 0.25) is 0 Å². The van der Waals surface area contributed by atoms with Crippen LogP contribution in [0, 0.1) is 0 Å². The van der Waals surface area contributed by atoms with Crippen LogP contribution in [0.4, 0.5) is 0 Å². The summed E-state index contributed by atoms with van der Waals surface area (Å²) in [6.07, 6.45) is 16.2. The van der Waals surface area contributed by atoms with Crippen molar-refractivity contribution in [2.45, 2.75) is 6.29 Å². The summed E-state index contributed by atoms with van der Waals surface area (Å²) in [6, 6.07) is 0. The van der Waals surface area contributed by atoms with E-state index in [9.17, 15) is 0 Å². The van der Waals surface area contributed by atoms with Gasteiger partial charge in [0.05, 0.1) is 19.0 Å². The average Bonchev–Trinajstić information content (AvgIpc) is 3.02. The summed E-state index contributed by atoms with van der Waals surface area (Å²) in [5, 5.41) is 0. The minimum absolute atomic E-state index is 0.0486. The zero-order chi connectivity index (χ0) is 10.8. The largest absolute Gasteiger partial charge is 0.298 e. The molecule has 0 atom stereocenters. The van der Waals surface area contributed by atoms with Crippen molar-refractivity contribution < 1.29 is 0 Å². The molecule has 0 aromatic carbocycles. The van der Waals surface area contributed by atoms with Gasteiger partial charge in [-0.15, -0.1) is 0 Å². The van der Waals surface area contributed by atoms with E-state index in [0.29, 0.717) is 0 Å². The fourth-order valence-electron chi connectivity index (χ4n) is 1.68. The quantitative estimate of drug-likeness (QED) is 0.649. The Kier molecular flexibility index (Phi) is 2.03. The zero-order valence-corrected chi connectivity index (χ0v) is 8.46. The lowest BCUT2D eigenvalue weighted by atomic mass is 10.6. The lowest BCUT2D eigenvalue weighted by Gasteiger charge is -2.20. The monoisotopic (exact) mass is 214 g/mol. The van der Waals surface area contributed by atoms with Gasteiger partial charge in [-0.05, 0) is 0 Å². The molecule has 3 aromatic rings. The van der Waals surface area contributed by atoms with E-state index in [4.69, 9.17) is 0 Å². The number of imidazole rings is 3. The van der Waals surface area contributed by atoms with Crippen LogP contribution in [0.3, 0.4) is 0 Å². The van der Waals surface area contributed by atoms with Gasteiger partial charge >= 0.3 is 0 Å². The summed E-state index contributed by atoms with van der Waals surface area (Å²) in [6.45, 7) is 0. The van der Waals surface area contributed by atoms with E-state index in [-0.39, 0.29) is 6.29 Å². The first kappa shape index (κ1) is 8.90. The molecule has 6 heteroatoms. The van der Waals surface area contributed by atoms with Crippen LogP contribution in [0.15, 0.2) is 56.2 Å². The van der Waals surface area contributed by atoms with Gasteiger partial charge in [-0.25, -0.2) is 15.0 Å². The van der Waals surface area contributed by atoms with E-state index in [1.807, 2.05) is 32.3 Å². The molecule has 0 radical (unpaired) electrons. The van der Waals surface area contributed by atoms with Gasteiger partial charge in [0.15, 0.2) is 6.29 Å². The fourth-order valence-corrected chi connectivity index (χ4v) is 1.68. The summed E-state index contributed by atoms with van der Waals surface area (Å²) in [5.74, 6) is 0. The van der Waals surface area contributed by atoms with Gasteiger partial charge in [-0.1, -0.05) is 0 Å². The predicted molar refractivity (Wildman–Crippen MR) is 56.5 cm³/mol. The molecular formula is C10H10N6. The van der Waals surface area contributed by atoms with E-state index < -0.39 is 0 Å². The number of nitrogens with zero attached hydrogens (tertiary/aromatic N) is 6. The highest BCUT2D eigenvalue weighted by molar-refractivity contribution is 4.90. The Morgan fingerprint density at radius 3 is 1.25 bits per heavy atom. The van der Waals surface area contributed by atoms with E-state index in [2.05, 4.69) is 15.0 Å². The molecule has 16 heavy (non-hydrogen) atoms. The highest BCUT2D eigenvalue weighted by atomic mass is 15.4. The maximum atomic E-state index is 4.06. The van der Waals surface area contributed by atoms with Gasteiger partial charge in [0, 0.05) is 37.2 Å². The molecule has 0 unspecified atom stereocenters. The van der Waals surface area contributed by atoms with Crippen LogP contribution in [0.5, 0.6) is 0 Å². The molecule has 0 bridgehead atoms. The van der Waals surface area contributed by atoms with Gasteiger partial charge in [0.25, 0.3) is 0 Å². The minimum atomic E-state index is -0.0486. The second-order valence-electron chi connectivity index (χ2n) is 3.38. The second kappa shape index (κ2) is 3.65. The number of aromatic nitrogens is 6. The Morgan fingerprint density at radius 1 is 0.625 bits per heavy atom. The maximum Gasteiger partial charge on any atom is 0.195 e. The van der Waals surface area contributed by atoms with Crippen LogP contribution >= 0.6 is 0 Å². The third-order valence-corrected chi connectivity index (χ3v) is 2.37. The van der Waals surface area contributed by atoms with Crippen molar-refractivity contribution in [3.63, 3.8) is 0 Å². The molecule has 3 heterocycles. The van der Waals surface area contributed by atoms with Gasteiger partial charge in [-0.3, -0.25) is 13.7 Å². The lowest BCUT2D eigenvalue weighted by Crippen LogP contribution is -2.22. The predicted octanol–water partition coefficient (Wildman–Crippen LogP) is 0.829. The second-order valence-corrected chi connectivity index (χ2v) is 3.38. The molecule has 3 aromatic heterocycles. The molecule has 0 aliphatic carbocycles. The van der Waals surface area contributed by atoms with Crippen molar-refractivity contribution in [1.29, 1.82) is 0 Å². The third-order valence-electron chi connectivity index (χ3n) is 2.37. The van der Waals surface area contributed by atoms with Crippen molar-refractivity contribution in [1.82, 2.24) is 28.7 Å². The minimum Gasteiger partial charge on any atom is -0.298 e. The number of hydrogen-bond donors (Lipinski definition) is 0. The topological polar surface area (TPSA) is 53.5 Å². The highest BCUT2D eigenvalue weighted by Crippen LogP contribution is 2.11. The highest BCUT2D eigenvalue weighted by Gasteiger charge is 2.12. The molecule has 0 spiro atoms. The number of hydrogen-bond acceptors (Lipinski definition) is 3. The molecule has 0 saturated carbocycles. The first-order valence-electron chi connectivity index (χ1n) is 4.87. The molecule has 0 saturated heterocycles. The SMILES string of the molecule is c1cn(C(n2ccnc2)n2ccnc2)cn1. The average molecular weight is 214 g/mol. The van der Waals surface area contributed by atoms with Crippen LogP contribution in [0.25, 0.3) is 0 Å². The lowest BCUT2D eigenvalue weighted by molar-refractivity contribution is 0.367. The van der Waals surface area contributed by atoms with Crippen LogP contribution in [-0.2, 0) is 0 Å². The summed E-state index contributed by atoms with van der Waals surface area (Å²) >= 11 is 0. The van der Waals surface area contributed by atoms with Gasteiger partial charge in [-0.2, -0.15) is 0 Å². The van der Waals surface area contributed by atoms with E-state index >= 15 is 0 Å². The Hall–Kier alpha value is -2.37. The molecule has 0 aliphatic heterocycles. The van der Waals surface area contributed by atoms with Crippen molar-refractivity contribution in [2.75, 3.05) is 0 Å². The zero-order valence-electron chi connectivity index (χ0n) is 8.46. The van der Waals surface area contributed by atoms with Crippen LogP contribution in [0.1, 0.15) is 6.29 Å². The Balaban J connectivity index is 2.09. The van der Waals surface area contributed by atoms with Crippen molar-refractivity contribution in [3.8, 4) is 0 Å². The molecular weight excluding hydrogens is 204 g/mol. The normalized spacial score (nSPS) is 11.1. The molecule has 0 N–H and O–H groups in total. The van der Waals surface area contributed by atoms with Crippen LogP contribution in [-0.4, -0.2) is 28.7 Å². The Morgan fingerprint density at radius 2 is 1.00 bits per heavy atom. The third kappa shape index (κ3) is 1.40. The summed E-state index contributed by atoms with van der Waals surface area (Å²) < 4.78 is 5.93. The van der Waals surface area contributed by atoms with Crippen molar-refractivity contribution >= 4 is 0 Å². The van der Waals surface area contributed by atoms with Crippen molar-refractivity contribution in [2.24, 2.45) is 0 Å². The van der Waals surface area contributed by atoms with E-state index in [1.54, 1.807) is 37.6 Å². The molecule has 3 rings (SSSR count). The smallest absolute Gasteiger partial charge is 0.195 e. The standard InChI is InChI=1S/C10H10N6/c1-4-14(7-11-1)10(15-5-2-12-8-15)16-6-3-13-9-16/h1-10H. The molecule has 0 aliphatic rings. The van der Waals surface area contributed by atoms with E-state index in [0.717, 1.165) is 0 Å². The fraction of sp³-hybridized carbons (Fsp3) is 0.100. The first-order chi connectivity index (χ1) is 7.95. The van der Waals surface area contributed by atoms with E-state index in [1.165, 1.54) is 0 Å². The Labute approximate surface area is 91.8 Å².